The first-order chi connectivity index (χ1) is 8.07. The van der Waals surface area contributed by atoms with E-state index in [4.69, 9.17) is 11.6 Å². The zero-order valence-corrected chi connectivity index (χ0v) is 9.93. The Morgan fingerprint density at radius 3 is 2.53 bits per heavy atom. The van der Waals surface area contributed by atoms with Crippen LogP contribution in [0.3, 0.4) is 0 Å². The third-order valence-electron chi connectivity index (χ3n) is 3.32. The normalized spacial score (nSPS) is 18.8. The molecule has 0 radical (unpaired) electrons. The Bertz CT molecular complexity index is 497. The highest BCUT2D eigenvalue weighted by molar-refractivity contribution is 6.30. The first-order valence-corrected chi connectivity index (χ1v) is 5.84. The van der Waals surface area contributed by atoms with Gasteiger partial charge >= 0.3 is 0 Å². The molecule has 1 aliphatic carbocycles. The molecule has 0 heterocycles. The summed E-state index contributed by atoms with van der Waals surface area (Å²) in [5.74, 6) is -0.321. The molecule has 0 spiro atoms. The zero-order chi connectivity index (χ0) is 12.5. The monoisotopic (exact) mass is 251 g/mol. The van der Waals surface area contributed by atoms with Gasteiger partial charge in [-0.3, -0.25) is 4.79 Å². The summed E-state index contributed by atoms with van der Waals surface area (Å²) in [5, 5.41) is 9.63. The fraction of sp³-hybridized carbons (Fsp3) is 0.385. The lowest BCUT2D eigenvalue weighted by molar-refractivity contribution is -0.121. The second-order valence-electron chi connectivity index (χ2n) is 4.36. The van der Waals surface area contributed by atoms with Crippen LogP contribution in [0, 0.1) is 17.1 Å². The summed E-state index contributed by atoms with van der Waals surface area (Å²) in [7, 11) is 0. The van der Waals surface area contributed by atoms with Crippen molar-refractivity contribution in [3.63, 3.8) is 0 Å². The molecule has 0 saturated heterocycles. The van der Waals surface area contributed by atoms with Crippen LogP contribution in [0.2, 0.25) is 5.02 Å². The molecule has 17 heavy (non-hydrogen) atoms. The van der Waals surface area contributed by atoms with E-state index in [9.17, 15) is 14.4 Å². The summed E-state index contributed by atoms with van der Waals surface area (Å²) in [6, 6.07) is 6.53. The van der Waals surface area contributed by atoms with E-state index in [0.29, 0.717) is 36.3 Å². The molecular formula is C13H11ClFNO. The highest BCUT2D eigenvalue weighted by Gasteiger charge is 2.38. The molecule has 1 saturated carbocycles. The molecule has 4 heteroatoms. The quantitative estimate of drug-likeness (QED) is 0.768. The zero-order valence-electron chi connectivity index (χ0n) is 9.17. The summed E-state index contributed by atoms with van der Waals surface area (Å²) in [6.07, 6.45) is 1.47. The number of rotatable bonds is 1. The Kier molecular flexibility index (Phi) is 3.17. The number of halogens is 2. The number of benzene rings is 1. The van der Waals surface area contributed by atoms with Crippen LogP contribution in [0.15, 0.2) is 18.2 Å². The van der Waals surface area contributed by atoms with Crippen molar-refractivity contribution in [2.45, 2.75) is 31.1 Å². The second kappa shape index (κ2) is 4.46. The topological polar surface area (TPSA) is 40.9 Å². The number of hydrogen-bond acceptors (Lipinski definition) is 2. The summed E-state index contributed by atoms with van der Waals surface area (Å²) >= 11 is 5.69. The maximum Gasteiger partial charge on any atom is 0.133 e. The van der Waals surface area contributed by atoms with Crippen molar-refractivity contribution < 1.29 is 9.18 Å². The van der Waals surface area contributed by atoms with Crippen LogP contribution in [0.5, 0.6) is 0 Å². The minimum absolute atomic E-state index is 0.144. The SMILES string of the molecule is N#CC1(c2ccc(Cl)cc2F)CCC(=O)CC1. The van der Waals surface area contributed by atoms with Gasteiger partial charge in [0.15, 0.2) is 0 Å². The van der Waals surface area contributed by atoms with Gasteiger partial charge in [0.05, 0.1) is 11.5 Å². The van der Waals surface area contributed by atoms with Gasteiger partial charge in [0.25, 0.3) is 0 Å². The van der Waals surface area contributed by atoms with Gasteiger partial charge in [-0.1, -0.05) is 17.7 Å². The predicted octanol–water partition coefficient (Wildman–Crippen LogP) is 3.38. The number of hydrogen-bond donors (Lipinski definition) is 0. The number of nitriles is 1. The Labute approximate surface area is 104 Å². The van der Waals surface area contributed by atoms with Crippen molar-refractivity contribution in [3.8, 4) is 6.07 Å². The van der Waals surface area contributed by atoms with Gasteiger partial charge in [0, 0.05) is 23.4 Å². The maximum absolute atomic E-state index is 13.8. The molecule has 2 rings (SSSR count). The maximum atomic E-state index is 13.8. The molecule has 1 aromatic rings. The van der Waals surface area contributed by atoms with Crippen molar-refractivity contribution in [2.24, 2.45) is 0 Å². The van der Waals surface area contributed by atoms with Crippen molar-refractivity contribution in [1.29, 1.82) is 5.26 Å². The standard InChI is InChI=1S/C13H11ClFNO/c14-9-1-2-11(12(15)7-9)13(8-16)5-3-10(17)4-6-13/h1-2,7H,3-6H2. The fourth-order valence-corrected chi connectivity index (χ4v) is 2.43. The Morgan fingerprint density at radius 1 is 1.35 bits per heavy atom. The molecule has 2 nitrogen and oxygen atoms in total. The Hall–Kier alpha value is -1.40. The van der Waals surface area contributed by atoms with Crippen molar-refractivity contribution in [3.05, 3.63) is 34.6 Å². The number of carbonyl (C=O) groups excluding carboxylic acids is 1. The van der Waals surface area contributed by atoms with E-state index >= 15 is 0 Å². The van der Waals surface area contributed by atoms with Crippen LogP contribution in [-0.2, 0) is 10.2 Å². The first-order valence-electron chi connectivity index (χ1n) is 5.46. The van der Waals surface area contributed by atoms with Gasteiger partial charge in [-0.2, -0.15) is 5.26 Å². The molecule has 1 aromatic carbocycles. The molecule has 0 atom stereocenters. The number of nitrogens with zero attached hydrogens (tertiary/aromatic N) is 1. The molecule has 0 aromatic heterocycles. The van der Waals surface area contributed by atoms with E-state index < -0.39 is 11.2 Å². The van der Waals surface area contributed by atoms with Gasteiger partial charge in [0.2, 0.25) is 0 Å². The summed E-state index contributed by atoms with van der Waals surface area (Å²) in [5.41, 5.74) is -0.514. The first kappa shape index (κ1) is 12.1. The minimum Gasteiger partial charge on any atom is -0.300 e. The van der Waals surface area contributed by atoms with E-state index in [1.807, 2.05) is 0 Å². The van der Waals surface area contributed by atoms with E-state index in [0.717, 1.165) is 0 Å². The highest BCUT2D eigenvalue weighted by atomic mass is 35.5. The van der Waals surface area contributed by atoms with E-state index in [-0.39, 0.29) is 5.78 Å². The molecule has 88 valence electrons. The largest absolute Gasteiger partial charge is 0.300 e. The number of ketones is 1. The van der Waals surface area contributed by atoms with E-state index in [1.165, 1.54) is 6.07 Å². The number of carbonyl (C=O) groups is 1. The van der Waals surface area contributed by atoms with Crippen LogP contribution in [0.1, 0.15) is 31.2 Å². The predicted molar refractivity (Wildman–Crippen MR) is 62.2 cm³/mol. The lowest BCUT2D eigenvalue weighted by atomic mass is 9.70. The molecule has 0 amide bonds. The lowest BCUT2D eigenvalue weighted by Gasteiger charge is -2.30. The van der Waals surface area contributed by atoms with Crippen molar-refractivity contribution in [2.75, 3.05) is 0 Å². The van der Waals surface area contributed by atoms with Gasteiger partial charge in [0.1, 0.15) is 11.6 Å². The summed E-state index contributed by atoms with van der Waals surface area (Å²) < 4.78 is 13.8. The van der Waals surface area contributed by atoms with E-state index in [1.54, 1.807) is 12.1 Å². The van der Waals surface area contributed by atoms with Gasteiger partial charge in [-0.15, -0.1) is 0 Å². The summed E-state index contributed by atoms with van der Waals surface area (Å²) in [4.78, 5) is 11.2. The fourth-order valence-electron chi connectivity index (χ4n) is 2.27. The molecule has 0 unspecified atom stereocenters. The molecule has 1 fully saturated rings. The van der Waals surface area contributed by atoms with Crippen LogP contribution in [0.25, 0.3) is 0 Å². The van der Waals surface area contributed by atoms with Crippen molar-refractivity contribution >= 4 is 17.4 Å². The highest BCUT2D eigenvalue weighted by Crippen LogP contribution is 2.39. The molecule has 0 aliphatic heterocycles. The van der Waals surface area contributed by atoms with Crippen LogP contribution in [0.4, 0.5) is 4.39 Å². The Morgan fingerprint density at radius 2 is 2.00 bits per heavy atom. The third-order valence-corrected chi connectivity index (χ3v) is 3.56. The van der Waals surface area contributed by atoms with E-state index in [2.05, 4.69) is 6.07 Å². The van der Waals surface area contributed by atoms with Gasteiger partial charge in [-0.05, 0) is 25.0 Å². The molecule has 1 aliphatic rings. The Balaban J connectivity index is 2.42. The van der Waals surface area contributed by atoms with Crippen LogP contribution < -0.4 is 0 Å². The smallest absolute Gasteiger partial charge is 0.133 e. The van der Waals surface area contributed by atoms with Crippen LogP contribution >= 0.6 is 11.6 Å². The lowest BCUT2D eigenvalue weighted by Crippen LogP contribution is -2.31. The van der Waals surface area contributed by atoms with Gasteiger partial charge < -0.3 is 0 Å². The summed E-state index contributed by atoms with van der Waals surface area (Å²) in [6.45, 7) is 0. The second-order valence-corrected chi connectivity index (χ2v) is 4.79. The average Bonchev–Trinajstić information content (AvgIpc) is 2.31. The minimum atomic E-state index is -0.872. The van der Waals surface area contributed by atoms with Crippen molar-refractivity contribution in [1.82, 2.24) is 0 Å². The average molecular weight is 252 g/mol. The molecule has 0 bridgehead atoms. The molecule has 0 N–H and O–H groups in total. The van der Waals surface area contributed by atoms with Gasteiger partial charge in [-0.25, -0.2) is 4.39 Å². The number of Topliss-reactive ketones (excluding diaryl/α,β-unsaturated/α-hetero) is 1. The third kappa shape index (κ3) is 2.18. The van der Waals surface area contributed by atoms with Crippen LogP contribution in [-0.4, -0.2) is 5.78 Å². The molecular weight excluding hydrogens is 241 g/mol.